The summed E-state index contributed by atoms with van der Waals surface area (Å²) in [6.07, 6.45) is 2.47. The predicted molar refractivity (Wildman–Crippen MR) is 61.4 cm³/mol. The van der Waals surface area contributed by atoms with Crippen molar-refractivity contribution >= 4 is 11.4 Å². The van der Waals surface area contributed by atoms with E-state index in [9.17, 15) is 0 Å². The van der Waals surface area contributed by atoms with Gasteiger partial charge in [-0.05, 0) is 12.8 Å². The van der Waals surface area contributed by atoms with Crippen LogP contribution in [0.2, 0.25) is 0 Å². The van der Waals surface area contributed by atoms with E-state index < -0.39 is 0 Å². The fourth-order valence-electron chi connectivity index (χ4n) is 2.40. The first-order chi connectivity index (χ1) is 6.43. The molecule has 0 spiro atoms. The van der Waals surface area contributed by atoms with Gasteiger partial charge in [0.1, 0.15) is 0 Å². The van der Waals surface area contributed by atoms with Crippen molar-refractivity contribution in [3.05, 3.63) is 0 Å². The van der Waals surface area contributed by atoms with Crippen LogP contribution in [0.5, 0.6) is 0 Å². The van der Waals surface area contributed by atoms with Gasteiger partial charge in [0, 0.05) is 10.8 Å². The Labute approximate surface area is 86.5 Å². The van der Waals surface area contributed by atoms with Gasteiger partial charge < -0.3 is 0 Å². The number of hydrogen-bond donors (Lipinski definition) is 0. The molecule has 1 heterocycles. The third-order valence-electron chi connectivity index (χ3n) is 3.52. The Bertz CT molecular complexity index is 276. The number of aliphatic imine (C=N–C) groups is 2. The summed E-state index contributed by atoms with van der Waals surface area (Å²) in [4.78, 5) is 9.37. The first-order valence-corrected chi connectivity index (χ1v) is 5.54. The minimum absolute atomic E-state index is 0.245. The van der Waals surface area contributed by atoms with Crippen LogP contribution >= 0.6 is 0 Å². The largest absolute Gasteiger partial charge is 0.285 e. The lowest BCUT2D eigenvalue weighted by Crippen LogP contribution is -2.47. The monoisotopic (exact) mass is 192 g/mol. The van der Waals surface area contributed by atoms with Crippen molar-refractivity contribution in [2.75, 3.05) is 13.1 Å². The molecule has 78 valence electrons. The van der Waals surface area contributed by atoms with Gasteiger partial charge in [0.05, 0.1) is 24.5 Å². The van der Waals surface area contributed by atoms with E-state index in [1.165, 1.54) is 24.3 Å². The smallest absolute Gasteiger partial charge is 0.0620 e. The molecule has 1 saturated carbocycles. The van der Waals surface area contributed by atoms with E-state index in [0.717, 1.165) is 13.1 Å². The van der Waals surface area contributed by atoms with Crippen LogP contribution in [-0.4, -0.2) is 24.5 Å². The summed E-state index contributed by atoms with van der Waals surface area (Å²) in [5.41, 5.74) is 3.05. The molecule has 2 heteroatoms. The average Bonchev–Trinajstić information content (AvgIpc) is 2.14. The van der Waals surface area contributed by atoms with Crippen LogP contribution in [0.15, 0.2) is 9.98 Å². The molecule has 2 aliphatic rings. The molecular weight excluding hydrogens is 172 g/mol. The molecule has 0 aromatic rings. The minimum Gasteiger partial charge on any atom is -0.285 e. The highest BCUT2D eigenvalue weighted by Gasteiger charge is 2.42. The topological polar surface area (TPSA) is 24.7 Å². The molecular formula is C12H20N2. The zero-order valence-electron chi connectivity index (χ0n) is 9.72. The van der Waals surface area contributed by atoms with Crippen molar-refractivity contribution in [3.63, 3.8) is 0 Å². The quantitative estimate of drug-likeness (QED) is 0.564. The van der Waals surface area contributed by atoms with E-state index in [0.29, 0.717) is 0 Å². The van der Waals surface area contributed by atoms with Gasteiger partial charge in [-0.15, -0.1) is 0 Å². The van der Waals surface area contributed by atoms with E-state index >= 15 is 0 Å². The molecule has 0 unspecified atom stereocenters. The molecule has 0 aromatic heterocycles. The lowest BCUT2D eigenvalue weighted by molar-refractivity contribution is 0.344. The molecule has 0 amide bonds. The summed E-state index contributed by atoms with van der Waals surface area (Å²) < 4.78 is 0. The van der Waals surface area contributed by atoms with Gasteiger partial charge in [-0.1, -0.05) is 27.7 Å². The van der Waals surface area contributed by atoms with Crippen molar-refractivity contribution in [2.24, 2.45) is 20.8 Å². The molecule has 0 bridgehead atoms. The van der Waals surface area contributed by atoms with E-state index in [4.69, 9.17) is 0 Å². The van der Waals surface area contributed by atoms with Gasteiger partial charge >= 0.3 is 0 Å². The molecule has 1 aliphatic carbocycles. The van der Waals surface area contributed by atoms with Gasteiger partial charge in [0.2, 0.25) is 0 Å². The van der Waals surface area contributed by atoms with Crippen LogP contribution in [0.25, 0.3) is 0 Å². The Morgan fingerprint density at radius 1 is 0.786 bits per heavy atom. The maximum atomic E-state index is 4.69. The fourth-order valence-corrected chi connectivity index (χ4v) is 2.40. The number of rotatable bonds is 0. The highest BCUT2D eigenvalue weighted by molar-refractivity contribution is 6.46. The van der Waals surface area contributed by atoms with Crippen LogP contribution in [0.3, 0.4) is 0 Å². The zero-order valence-corrected chi connectivity index (χ0v) is 9.72. The summed E-state index contributed by atoms with van der Waals surface area (Å²) in [6, 6.07) is 0. The summed E-state index contributed by atoms with van der Waals surface area (Å²) >= 11 is 0. The molecule has 0 aromatic carbocycles. The van der Waals surface area contributed by atoms with Crippen LogP contribution in [0, 0.1) is 10.8 Å². The Balaban J connectivity index is 2.43. The SMILES string of the molecule is CC1(C)CCC(C)(C)C2=NCCN=C21. The second kappa shape index (κ2) is 2.91. The van der Waals surface area contributed by atoms with E-state index in [1.54, 1.807) is 0 Å². The Morgan fingerprint density at radius 2 is 1.14 bits per heavy atom. The summed E-state index contributed by atoms with van der Waals surface area (Å²) in [7, 11) is 0. The van der Waals surface area contributed by atoms with Gasteiger partial charge in [0.15, 0.2) is 0 Å². The number of nitrogens with zero attached hydrogens (tertiary/aromatic N) is 2. The van der Waals surface area contributed by atoms with Gasteiger partial charge in [-0.3, -0.25) is 9.98 Å². The number of fused-ring (bicyclic) bond motifs is 1. The molecule has 0 radical (unpaired) electrons. The summed E-state index contributed by atoms with van der Waals surface area (Å²) in [5, 5.41) is 0. The third kappa shape index (κ3) is 1.41. The normalized spacial score (nSPS) is 28.9. The molecule has 1 fully saturated rings. The molecule has 1 aliphatic heterocycles. The Morgan fingerprint density at radius 3 is 1.50 bits per heavy atom. The molecule has 14 heavy (non-hydrogen) atoms. The van der Waals surface area contributed by atoms with Gasteiger partial charge in [-0.25, -0.2) is 0 Å². The Hall–Kier alpha value is -0.660. The molecule has 0 saturated heterocycles. The number of hydrogen-bond acceptors (Lipinski definition) is 2. The maximum Gasteiger partial charge on any atom is 0.0620 e. The molecule has 0 N–H and O–H groups in total. The predicted octanol–water partition coefficient (Wildman–Crippen LogP) is 2.73. The standard InChI is InChI=1S/C12H20N2/c1-11(2)5-6-12(3,4)10-9(11)13-7-8-14-10/h5-8H2,1-4H3. The van der Waals surface area contributed by atoms with Crippen LogP contribution in [-0.2, 0) is 0 Å². The average molecular weight is 192 g/mol. The lowest BCUT2D eigenvalue weighted by Gasteiger charge is -2.43. The van der Waals surface area contributed by atoms with Crippen molar-refractivity contribution in [2.45, 2.75) is 40.5 Å². The summed E-state index contributed by atoms with van der Waals surface area (Å²) in [6.45, 7) is 10.9. The maximum absolute atomic E-state index is 4.69. The van der Waals surface area contributed by atoms with Crippen molar-refractivity contribution in [1.82, 2.24) is 0 Å². The van der Waals surface area contributed by atoms with Crippen molar-refractivity contribution < 1.29 is 0 Å². The molecule has 0 atom stereocenters. The Kier molecular flexibility index (Phi) is 2.06. The zero-order chi connectivity index (χ0) is 10.4. The third-order valence-corrected chi connectivity index (χ3v) is 3.52. The molecule has 2 rings (SSSR count). The van der Waals surface area contributed by atoms with Gasteiger partial charge in [-0.2, -0.15) is 0 Å². The lowest BCUT2D eigenvalue weighted by atomic mass is 9.64. The minimum atomic E-state index is 0.245. The van der Waals surface area contributed by atoms with Crippen LogP contribution in [0.1, 0.15) is 40.5 Å². The van der Waals surface area contributed by atoms with E-state index in [2.05, 4.69) is 37.7 Å². The van der Waals surface area contributed by atoms with E-state index in [1.807, 2.05) is 0 Å². The second-order valence-corrected chi connectivity index (χ2v) is 5.73. The van der Waals surface area contributed by atoms with Crippen molar-refractivity contribution in [1.29, 1.82) is 0 Å². The van der Waals surface area contributed by atoms with Crippen LogP contribution < -0.4 is 0 Å². The molecule has 2 nitrogen and oxygen atoms in total. The summed E-state index contributed by atoms with van der Waals surface area (Å²) in [5.74, 6) is 0. The highest BCUT2D eigenvalue weighted by Crippen LogP contribution is 2.41. The van der Waals surface area contributed by atoms with Crippen LogP contribution in [0.4, 0.5) is 0 Å². The second-order valence-electron chi connectivity index (χ2n) is 5.73. The first-order valence-electron chi connectivity index (χ1n) is 5.54. The first kappa shape index (κ1) is 9.88. The fraction of sp³-hybridized carbons (Fsp3) is 0.833. The van der Waals surface area contributed by atoms with Gasteiger partial charge in [0.25, 0.3) is 0 Å². The van der Waals surface area contributed by atoms with Crippen molar-refractivity contribution in [3.8, 4) is 0 Å². The highest BCUT2D eigenvalue weighted by atomic mass is 14.9. The van der Waals surface area contributed by atoms with E-state index in [-0.39, 0.29) is 10.8 Å².